The molecule has 0 amide bonds. The summed E-state index contributed by atoms with van der Waals surface area (Å²) in [6.45, 7) is 4.30. The van der Waals surface area contributed by atoms with Crippen molar-refractivity contribution in [3.05, 3.63) is 48.3 Å². The number of aromatic nitrogens is 1. The van der Waals surface area contributed by atoms with E-state index in [0.717, 1.165) is 16.8 Å². The number of benzene rings is 1. The van der Waals surface area contributed by atoms with Crippen LogP contribution >= 0.6 is 0 Å². The van der Waals surface area contributed by atoms with Gasteiger partial charge in [-0.15, -0.1) is 0 Å². The zero-order valence-electron chi connectivity index (χ0n) is 9.64. The molecule has 1 aromatic carbocycles. The van der Waals surface area contributed by atoms with Crippen LogP contribution in [0.1, 0.15) is 25.3 Å². The summed E-state index contributed by atoms with van der Waals surface area (Å²) < 4.78 is 0. The molecule has 0 atom stereocenters. The van der Waals surface area contributed by atoms with Gasteiger partial charge in [0.2, 0.25) is 0 Å². The summed E-state index contributed by atoms with van der Waals surface area (Å²) in [6.07, 6.45) is 3.59. The number of anilines is 1. The molecule has 1 heterocycles. The van der Waals surface area contributed by atoms with Crippen molar-refractivity contribution in [1.29, 1.82) is 0 Å². The lowest BCUT2D eigenvalue weighted by Gasteiger charge is -2.11. The van der Waals surface area contributed by atoms with E-state index in [1.165, 1.54) is 5.56 Å². The summed E-state index contributed by atoms with van der Waals surface area (Å²) in [6, 6.07) is 10.2. The number of hydrogen-bond acceptors (Lipinski definition) is 2. The van der Waals surface area contributed by atoms with Crippen LogP contribution in [0.15, 0.2) is 42.7 Å². The third-order valence-electron chi connectivity index (χ3n) is 2.72. The second kappa shape index (κ2) is 4.35. The molecule has 0 spiro atoms. The first-order valence-corrected chi connectivity index (χ1v) is 5.48. The second-order valence-corrected chi connectivity index (χ2v) is 4.23. The highest BCUT2D eigenvalue weighted by Gasteiger charge is 2.05. The predicted octanol–water partition coefficient (Wildman–Crippen LogP) is 3.45. The molecule has 0 unspecified atom stereocenters. The highest BCUT2D eigenvalue weighted by atomic mass is 14.6. The van der Waals surface area contributed by atoms with Crippen molar-refractivity contribution in [1.82, 2.24) is 4.98 Å². The summed E-state index contributed by atoms with van der Waals surface area (Å²) in [5, 5.41) is 0. The molecule has 0 fully saturated rings. The molecular formula is C14H16N2. The SMILES string of the molecule is CC(C)c1ccc(-c2ccncc2)cc1N. The zero-order chi connectivity index (χ0) is 11.5. The molecule has 0 aliphatic heterocycles. The maximum Gasteiger partial charge on any atom is 0.0355 e. The molecule has 0 aliphatic carbocycles. The molecule has 0 radical (unpaired) electrons. The molecule has 2 heteroatoms. The van der Waals surface area contributed by atoms with Gasteiger partial charge in [-0.3, -0.25) is 4.98 Å². The first-order chi connectivity index (χ1) is 7.68. The number of nitrogen functional groups attached to an aromatic ring is 1. The fourth-order valence-electron chi connectivity index (χ4n) is 1.82. The van der Waals surface area contributed by atoms with Crippen molar-refractivity contribution >= 4 is 5.69 Å². The van der Waals surface area contributed by atoms with Crippen LogP contribution < -0.4 is 5.73 Å². The molecule has 0 saturated heterocycles. The molecular weight excluding hydrogens is 196 g/mol. The van der Waals surface area contributed by atoms with E-state index >= 15 is 0 Å². The molecule has 2 nitrogen and oxygen atoms in total. The average molecular weight is 212 g/mol. The van der Waals surface area contributed by atoms with E-state index in [1.54, 1.807) is 12.4 Å². The lowest BCUT2D eigenvalue weighted by Crippen LogP contribution is -1.96. The Labute approximate surface area is 96.1 Å². The van der Waals surface area contributed by atoms with Crippen molar-refractivity contribution in [2.45, 2.75) is 19.8 Å². The Bertz CT molecular complexity index is 475. The molecule has 2 rings (SSSR count). The van der Waals surface area contributed by atoms with Gasteiger partial charge in [0, 0.05) is 18.1 Å². The van der Waals surface area contributed by atoms with E-state index in [4.69, 9.17) is 5.73 Å². The Kier molecular flexibility index (Phi) is 2.91. The minimum Gasteiger partial charge on any atom is -0.398 e. The maximum atomic E-state index is 6.04. The van der Waals surface area contributed by atoms with E-state index in [-0.39, 0.29) is 0 Å². The van der Waals surface area contributed by atoms with Crippen LogP contribution in [0.25, 0.3) is 11.1 Å². The average Bonchev–Trinajstić information content (AvgIpc) is 2.29. The number of nitrogens with zero attached hydrogens (tertiary/aromatic N) is 1. The Morgan fingerprint density at radius 1 is 1.00 bits per heavy atom. The lowest BCUT2D eigenvalue weighted by atomic mass is 9.97. The maximum absolute atomic E-state index is 6.04. The fourth-order valence-corrected chi connectivity index (χ4v) is 1.82. The Balaban J connectivity index is 2.43. The predicted molar refractivity (Wildman–Crippen MR) is 68.2 cm³/mol. The molecule has 0 aliphatic rings. The molecule has 1 aromatic heterocycles. The van der Waals surface area contributed by atoms with E-state index in [0.29, 0.717) is 5.92 Å². The number of hydrogen-bond donors (Lipinski definition) is 1. The van der Waals surface area contributed by atoms with Crippen LogP contribution in [0.2, 0.25) is 0 Å². The summed E-state index contributed by atoms with van der Waals surface area (Å²) in [7, 11) is 0. The van der Waals surface area contributed by atoms with E-state index < -0.39 is 0 Å². The number of rotatable bonds is 2. The summed E-state index contributed by atoms with van der Waals surface area (Å²) in [5.74, 6) is 0.464. The van der Waals surface area contributed by atoms with Crippen molar-refractivity contribution in [3.63, 3.8) is 0 Å². The Morgan fingerprint density at radius 3 is 2.25 bits per heavy atom. The van der Waals surface area contributed by atoms with Crippen molar-refractivity contribution in [2.75, 3.05) is 5.73 Å². The van der Waals surface area contributed by atoms with Gasteiger partial charge in [0.1, 0.15) is 0 Å². The van der Waals surface area contributed by atoms with Crippen molar-refractivity contribution in [3.8, 4) is 11.1 Å². The Morgan fingerprint density at radius 2 is 1.69 bits per heavy atom. The second-order valence-electron chi connectivity index (χ2n) is 4.23. The van der Waals surface area contributed by atoms with Gasteiger partial charge in [-0.2, -0.15) is 0 Å². The van der Waals surface area contributed by atoms with Gasteiger partial charge in [-0.05, 0) is 40.8 Å². The standard InChI is InChI=1S/C14H16N2/c1-10(2)13-4-3-12(9-14(13)15)11-5-7-16-8-6-11/h3-10H,15H2,1-2H3. The van der Waals surface area contributed by atoms with Gasteiger partial charge < -0.3 is 5.73 Å². The van der Waals surface area contributed by atoms with Crippen LogP contribution in [-0.4, -0.2) is 4.98 Å². The summed E-state index contributed by atoms with van der Waals surface area (Å²) >= 11 is 0. The van der Waals surface area contributed by atoms with Crippen molar-refractivity contribution < 1.29 is 0 Å². The number of nitrogens with two attached hydrogens (primary N) is 1. The third-order valence-corrected chi connectivity index (χ3v) is 2.72. The highest BCUT2D eigenvalue weighted by molar-refractivity contribution is 5.68. The lowest BCUT2D eigenvalue weighted by molar-refractivity contribution is 0.870. The van der Waals surface area contributed by atoms with Crippen LogP contribution in [0, 0.1) is 0 Å². The minimum absolute atomic E-state index is 0.464. The van der Waals surface area contributed by atoms with E-state index in [1.807, 2.05) is 18.2 Å². The molecule has 2 aromatic rings. The summed E-state index contributed by atoms with van der Waals surface area (Å²) in [5.41, 5.74) is 10.4. The largest absolute Gasteiger partial charge is 0.398 e. The van der Waals surface area contributed by atoms with Crippen LogP contribution in [0.4, 0.5) is 5.69 Å². The first-order valence-electron chi connectivity index (χ1n) is 5.48. The van der Waals surface area contributed by atoms with Gasteiger partial charge in [0.25, 0.3) is 0 Å². The molecule has 82 valence electrons. The van der Waals surface area contributed by atoms with Crippen LogP contribution in [0.5, 0.6) is 0 Å². The normalized spacial score (nSPS) is 10.7. The van der Waals surface area contributed by atoms with Crippen LogP contribution in [0.3, 0.4) is 0 Å². The van der Waals surface area contributed by atoms with E-state index in [2.05, 4.69) is 31.0 Å². The number of pyridine rings is 1. The molecule has 16 heavy (non-hydrogen) atoms. The molecule has 0 saturated carbocycles. The molecule has 2 N–H and O–H groups in total. The smallest absolute Gasteiger partial charge is 0.0355 e. The molecule has 0 bridgehead atoms. The Hall–Kier alpha value is -1.83. The van der Waals surface area contributed by atoms with Crippen LogP contribution in [-0.2, 0) is 0 Å². The summed E-state index contributed by atoms with van der Waals surface area (Å²) in [4.78, 5) is 4.01. The quantitative estimate of drug-likeness (QED) is 0.774. The highest BCUT2D eigenvalue weighted by Crippen LogP contribution is 2.27. The third kappa shape index (κ3) is 2.06. The topological polar surface area (TPSA) is 38.9 Å². The van der Waals surface area contributed by atoms with Crippen molar-refractivity contribution in [2.24, 2.45) is 0 Å². The van der Waals surface area contributed by atoms with E-state index in [9.17, 15) is 0 Å². The monoisotopic (exact) mass is 212 g/mol. The van der Waals surface area contributed by atoms with Gasteiger partial charge in [0.15, 0.2) is 0 Å². The first kappa shape index (κ1) is 10.7. The van der Waals surface area contributed by atoms with Gasteiger partial charge in [0.05, 0.1) is 0 Å². The zero-order valence-corrected chi connectivity index (χ0v) is 9.64. The van der Waals surface area contributed by atoms with Gasteiger partial charge in [-0.1, -0.05) is 26.0 Å². The van der Waals surface area contributed by atoms with Gasteiger partial charge in [-0.25, -0.2) is 0 Å². The fraction of sp³-hybridized carbons (Fsp3) is 0.214. The van der Waals surface area contributed by atoms with Gasteiger partial charge >= 0.3 is 0 Å². The minimum atomic E-state index is 0.464.